The standard InChI is InChI=1S/C19H19Cl2N3O4S/c1-12(2)18(23-29(26,27)16-5-3-4-13(20)8-16)19(25)28-11-15-10-24-9-14(21)6-7-17(24)22-15/h3-10,12,18,23H,11H2,1-2H3/t18-/m0/s1. The van der Waals surface area contributed by atoms with Crippen LogP contribution in [0, 0.1) is 5.92 Å². The van der Waals surface area contributed by atoms with E-state index in [9.17, 15) is 13.2 Å². The Labute approximate surface area is 178 Å². The van der Waals surface area contributed by atoms with Crippen LogP contribution in [0.2, 0.25) is 10.0 Å². The summed E-state index contributed by atoms with van der Waals surface area (Å²) in [6.45, 7) is 3.35. The summed E-state index contributed by atoms with van der Waals surface area (Å²) in [4.78, 5) is 16.9. The fourth-order valence-corrected chi connectivity index (χ4v) is 4.45. The minimum Gasteiger partial charge on any atom is -0.458 e. The second-order valence-corrected chi connectivity index (χ2v) is 9.34. The zero-order valence-electron chi connectivity index (χ0n) is 15.7. The normalized spacial score (nSPS) is 13.0. The average Bonchev–Trinajstić information content (AvgIpc) is 3.06. The largest absolute Gasteiger partial charge is 0.458 e. The van der Waals surface area contributed by atoms with Gasteiger partial charge in [0.05, 0.1) is 15.6 Å². The molecule has 0 saturated heterocycles. The van der Waals surface area contributed by atoms with Gasteiger partial charge in [-0.25, -0.2) is 13.4 Å². The van der Waals surface area contributed by atoms with Gasteiger partial charge in [-0.1, -0.05) is 43.1 Å². The molecule has 0 aliphatic rings. The van der Waals surface area contributed by atoms with Crippen molar-refractivity contribution in [3.63, 3.8) is 0 Å². The van der Waals surface area contributed by atoms with Gasteiger partial charge in [0, 0.05) is 17.4 Å². The zero-order valence-corrected chi connectivity index (χ0v) is 18.0. The van der Waals surface area contributed by atoms with Crippen LogP contribution in [0.5, 0.6) is 0 Å². The number of halogens is 2. The number of esters is 1. The number of carbonyl (C=O) groups excluding carboxylic acids is 1. The van der Waals surface area contributed by atoms with Gasteiger partial charge in [-0.3, -0.25) is 4.79 Å². The molecule has 0 fully saturated rings. The fraction of sp³-hybridized carbons (Fsp3) is 0.263. The van der Waals surface area contributed by atoms with E-state index >= 15 is 0 Å². The van der Waals surface area contributed by atoms with E-state index in [0.29, 0.717) is 16.4 Å². The van der Waals surface area contributed by atoms with Crippen molar-refractivity contribution < 1.29 is 17.9 Å². The van der Waals surface area contributed by atoms with E-state index in [-0.39, 0.29) is 22.4 Å². The van der Waals surface area contributed by atoms with Crippen LogP contribution in [-0.2, 0) is 26.2 Å². The van der Waals surface area contributed by atoms with Crippen molar-refractivity contribution in [1.82, 2.24) is 14.1 Å². The molecule has 10 heteroatoms. The van der Waals surface area contributed by atoms with E-state index in [2.05, 4.69) is 9.71 Å². The SMILES string of the molecule is CC(C)[C@H](NS(=O)(=O)c1cccc(Cl)c1)C(=O)OCc1cn2cc(Cl)ccc2n1. The molecule has 154 valence electrons. The Balaban J connectivity index is 1.72. The fourth-order valence-electron chi connectivity index (χ4n) is 2.65. The van der Waals surface area contributed by atoms with Crippen molar-refractivity contribution in [2.24, 2.45) is 5.92 Å². The Morgan fingerprint density at radius 1 is 1.17 bits per heavy atom. The molecule has 3 rings (SSSR count). The van der Waals surface area contributed by atoms with Crippen LogP contribution >= 0.6 is 23.2 Å². The van der Waals surface area contributed by atoms with E-state index in [4.69, 9.17) is 27.9 Å². The van der Waals surface area contributed by atoms with Crippen LogP contribution in [-0.4, -0.2) is 29.8 Å². The molecule has 0 aliphatic carbocycles. The predicted molar refractivity (Wildman–Crippen MR) is 110 cm³/mol. The molecule has 3 aromatic rings. The van der Waals surface area contributed by atoms with E-state index in [0.717, 1.165) is 0 Å². The summed E-state index contributed by atoms with van der Waals surface area (Å²) in [7, 11) is -3.95. The molecule has 1 aromatic carbocycles. The third kappa shape index (κ3) is 5.27. The molecule has 2 aromatic heterocycles. The summed E-state index contributed by atoms with van der Waals surface area (Å²) in [5.74, 6) is -1.03. The molecule has 0 radical (unpaired) electrons. The van der Waals surface area contributed by atoms with Gasteiger partial charge in [0.25, 0.3) is 0 Å². The highest BCUT2D eigenvalue weighted by molar-refractivity contribution is 7.89. The molecule has 29 heavy (non-hydrogen) atoms. The van der Waals surface area contributed by atoms with Gasteiger partial charge in [-0.2, -0.15) is 4.72 Å². The highest BCUT2D eigenvalue weighted by Crippen LogP contribution is 2.18. The van der Waals surface area contributed by atoms with Crippen molar-refractivity contribution in [1.29, 1.82) is 0 Å². The first-order valence-electron chi connectivity index (χ1n) is 8.73. The number of hydrogen-bond donors (Lipinski definition) is 1. The van der Waals surface area contributed by atoms with E-state index in [1.807, 2.05) is 0 Å². The maximum absolute atomic E-state index is 12.6. The second kappa shape index (κ2) is 8.71. The number of sulfonamides is 1. The Morgan fingerprint density at radius 2 is 1.93 bits per heavy atom. The molecule has 0 unspecified atom stereocenters. The van der Waals surface area contributed by atoms with Gasteiger partial charge in [0.2, 0.25) is 10.0 Å². The first-order valence-corrected chi connectivity index (χ1v) is 11.0. The van der Waals surface area contributed by atoms with Gasteiger partial charge in [0.15, 0.2) is 0 Å². The van der Waals surface area contributed by atoms with Crippen LogP contribution in [0.3, 0.4) is 0 Å². The van der Waals surface area contributed by atoms with Crippen LogP contribution in [0.1, 0.15) is 19.5 Å². The third-order valence-corrected chi connectivity index (χ3v) is 6.03. The maximum atomic E-state index is 12.6. The Kier molecular flexibility index (Phi) is 6.48. The monoisotopic (exact) mass is 455 g/mol. The molecule has 0 bridgehead atoms. The first kappa shape index (κ1) is 21.6. The molecule has 1 atom stereocenters. The lowest BCUT2D eigenvalue weighted by atomic mass is 10.1. The van der Waals surface area contributed by atoms with Crippen molar-refractivity contribution >= 4 is 44.8 Å². The minimum absolute atomic E-state index is 0.0271. The molecular weight excluding hydrogens is 437 g/mol. The van der Waals surface area contributed by atoms with Crippen LogP contribution in [0.25, 0.3) is 5.65 Å². The van der Waals surface area contributed by atoms with E-state index in [1.54, 1.807) is 48.8 Å². The minimum atomic E-state index is -3.95. The number of carbonyl (C=O) groups is 1. The quantitative estimate of drug-likeness (QED) is 0.548. The van der Waals surface area contributed by atoms with Gasteiger partial charge >= 0.3 is 5.97 Å². The van der Waals surface area contributed by atoms with Gasteiger partial charge in [0.1, 0.15) is 18.3 Å². The molecule has 0 aliphatic heterocycles. The van der Waals surface area contributed by atoms with Crippen LogP contribution in [0.4, 0.5) is 0 Å². The van der Waals surface area contributed by atoms with Gasteiger partial charge in [-0.15, -0.1) is 0 Å². The maximum Gasteiger partial charge on any atom is 0.324 e. The molecule has 1 N–H and O–H groups in total. The lowest BCUT2D eigenvalue weighted by Gasteiger charge is -2.20. The van der Waals surface area contributed by atoms with Gasteiger partial charge < -0.3 is 9.14 Å². The number of aromatic nitrogens is 2. The number of nitrogens with one attached hydrogen (secondary N) is 1. The first-order chi connectivity index (χ1) is 13.7. The highest BCUT2D eigenvalue weighted by atomic mass is 35.5. The summed E-state index contributed by atoms with van der Waals surface area (Å²) >= 11 is 11.8. The summed E-state index contributed by atoms with van der Waals surface area (Å²) in [6, 6.07) is 8.19. The molecule has 0 amide bonds. The highest BCUT2D eigenvalue weighted by Gasteiger charge is 2.30. The topological polar surface area (TPSA) is 89.8 Å². The van der Waals surface area contributed by atoms with E-state index in [1.165, 1.54) is 18.2 Å². The number of pyridine rings is 1. The second-order valence-electron chi connectivity index (χ2n) is 6.75. The number of hydrogen-bond acceptors (Lipinski definition) is 5. The van der Waals surface area contributed by atoms with Crippen molar-refractivity contribution in [3.05, 3.63) is 64.5 Å². The van der Waals surface area contributed by atoms with Crippen molar-refractivity contribution in [2.75, 3.05) is 0 Å². The Hall–Kier alpha value is -2.13. The number of benzene rings is 1. The molecule has 0 saturated carbocycles. The molecular formula is C19H19Cl2N3O4S. The number of fused-ring (bicyclic) bond motifs is 1. The van der Waals surface area contributed by atoms with Crippen LogP contribution < -0.4 is 4.72 Å². The molecule has 7 nitrogen and oxygen atoms in total. The summed E-state index contributed by atoms with van der Waals surface area (Å²) in [6.07, 6.45) is 3.38. The summed E-state index contributed by atoms with van der Waals surface area (Å²) in [5, 5.41) is 0.831. The third-order valence-electron chi connectivity index (χ3n) is 4.14. The molecule has 2 heterocycles. The van der Waals surface area contributed by atoms with Crippen molar-refractivity contribution in [2.45, 2.75) is 31.4 Å². The lowest BCUT2D eigenvalue weighted by Crippen LogP contribution is -2.45. The summed E-state index contributed by atoms with van der Waals surface area (Å²) < 4.78 is 34.7. The zero-order chi connectivity index (χ0) is 21.2. The molecule has 0 spiro atoms. The smallest absolute Gasteiger partial charge is 0.324 e. The number of rotatable bonds is 7. The van der Waals surface area contributed by atoms with E-state index < -0.39 is 22.0 Å². The number of imidazole rings is 1. The number of ether oxygens (including phenoxy) is 1. The Bertz CT molecular complexity index is 1150. The Morgan fingerprint density at radius 3 is 2.62 bits per heavy atom. The average molecular weight is 456 g/mol. The van der Waals surface area contributed by atoms with Gasteiger partial charge in [-0.05, 0) is 36.2 Å². The van der Waals surface area contributed by atoms with Crippen LogP contribution in [0.15, 0.2) is 53.7 Å². The van der Waals surface area contributed by atoms with Crippen molar-refractivity contribution in [3.8, 4) is 0 Å². The number of nitrogens with zero attached hydrogens (tertiary/aromatic N) is 2. The predicted octanol–water partition coefficient (Wildman–Crippen LogP) is 3.69. The lowest BCUT2D eigenvalue weighted by molar-refractivity contribution is -0.148. The summed E-state index contributed by atoms with van der Waals surface area (Å²) in [5.41, 5.74) is 1.17.